The van der Waals surface area contributed by atoms with Crippen LogP contribution in [0.1, 0.15) is 48.3 Å². The normalized spacial score (nSPS) is 16.7. The summed E-state index contributed by atoms with van der Waals surface area (Å²) in [5.41, 5.74) is 2.59. The Kier molecular flexibility index (Phi) is 4.65. The summed E-state index contributed by atoms with van der Waals surface area (Å²) < 4.78 is 10.8. The number of carbonyl (C=O) groups excluding carboxylic acids is 1. The van der Waals surface area contributed by atoms with Crippen molar-refractivity contribution in [1.82, 2.24) is 5.16 Å². The maximum atomic E-state index is 12.4. The average Bonchev–Trinajstić information content (AvgIpc) is 2.95. The summed E-state index contributed by atoms with van der Waals surface area (Å²) in [4.78, 5) is 12.4. The van der Waals surface area contributed by atoms with Gasteiger partial charge in [0.15, 0.2) is 0 Å². The Morgan fingerprint density at radius 1 is 1.39 bits per heavy atom. The molecule has 1 aromatic carbocycles. The molecule has 5 heteroatoms. The number of fused-ring (bicyclic) bond motifs is 1. The van der Waals surface area contributed by atoms with E-state index >= 15 is 0 Å². The molecule has 1 N–H and O–H groups in total. The molecule has 0 unspecified atom stereocenters. The smallest absolute Gasteiger partial charge is 0.258 e. The molecular weight excluding hydrogens is 292 g/mol. The Morgan fingerprint density at radius 2 is 2.17 bits per heavy atom. The first-order valence-corrected chi connectivity index (χ1v) is 8.19. The molecule has 0 saturated heterocycles. The van der Waals surface area contributed by atoms with Gasteiger partial charge in [-0.05, 0) is 55.9 Å². The van der Waals surface area contributed by atoms with Crippen LogP contribution in [-0.2, 0) is 12.8 Å². The number of benzene rings is 1. The van der Waals surface area contributed by atoms with Gasteiger partial charge in [-0.3, -0.25) is 10.1 Å². The van der Waals surface area contributed by atoms with Gasteiger partial charge in [0.2, 0.25) is 5.88 Å². The number of hydrogen-bond donors (Lipinski definition) is 1. The predicted octanol–water partition coefficient (Wildman–Crippen LogP) is 3.84. The molecule has 5 nitrogen and oxygen atoms in total. The van der Waals surface area contributed by atoms with Crippen molar-refractivity contribution in [1.29, 1.82) is 0 Å². The van der Waals surface area contributed by atoms with E-state index in [0.717, 1.165) is 42.7 Å². The summed E-state index contributed by atoms with van der Waals surface area (Å²) >= 11 is 0. The number of ether oxygens (including phenoxy) is 1. The topological polar surface area (TPSA) is 64.4 Å². The molecule has 2 aromatic rings. The van der Waals surface area contributed by atoms with E-state index in [1.54, 1.807) is 12.1 Å². The van der Waals surface area contributed by atoms with Gasteiger partial charge >= 0.3 is 0 Å². The van der Waals surface area contributed by atoms with Crippen molar-refractivity contribution >= 4 is 11.8 Å². The second kappa shape index (κ2) is 6.86. The fourth-order valence-corrected chi connectivity index (χ4v) is 2.78. The quantitative estimate of drug-likeness (QED) is 0.910. The first kappa shape index (κ1) is 15.6. The van der Waals surface area contributed by atoms with Crippen LogP contribution < -0.4 is 10.1 Å². The highest BCUT2D eigenvalue weighted by molar-refractivity contribution is 6.03. The highest BCUT2D eigenvalue weighted by Crippen LogP contribution is 2.30. The fourth-order valence-electron chi connectivity index (χ4n) is 2.78. The van der Waals surface area contributed by atoms with E-state index in [0.29, 0.717) is 24.0 Å². The number of anilines is 1. The first-order valence-electron chi connectivity index (χ1n) is 8.19. The van der Waals surface area contributed by atoms with Gasteiger partial charge in [-0.1, -0.05) is 19.0 Å². The minimum Gasteiger partial charge on any atom is -0.494 e. The third-order valence-electron chi connectivity index (χ3n) is 4.11. The van der Waals surface area contributed by atoms with Gasteiger partial charge in [0.1, 0.15) is 5.75 Å². The maximum absolute atomic E-state index is 12.4. The van der Waals surface area contributed by atoms with Gasteiger partial charge in [-0.25, -0.2) is 0 Å². The third-order valence-corrected chi connectivity index (χ3v) is 4.11. The van der Waals surface area contributed by atoms with Crippen LogP contribution in [0.2, 0.25) is 0 Å². The van der Waals surface area contributed by atoms with Crippen LogP contribution in [0, 0.1) is 5.92 Å². The number of carbonyl (C=O) groups is 1. The zero-order valence-corrected chi connectivity index (χ0v) is 13.6. The molecule has 0 fully saturated rings. The second-order valence-corrected chi connectivity index (χ2v) is 6.11. The SMILES string of the molecule is CCCOc1ccc(C(=O)Nc2onc3c2C[C@@H](C)CC3)cc1. The molecule has 1 aromatic heterocycles. The molecule has 1 aliphatic carbocycles. The Bertz CT molecular complexity index is 676. The zero-order chi connectivity index (χ0) is 16.2. The van der Waals surface area contributed by atoms with Crippen molar-refractivity contribution in [3.05, 3.63) is 41.1 Å². The van der Waals surface area contributed by atoms with Gasteiger partial charge in [0, 0.05) is 11.1 Å². The molecule has 0 spiro atoms. The van der Waals surface area contributed by atoms with Gasteiger partial charge < -0.3 is 9.26 Å². The minimum absolute atomic E-state index is 0.191. The number of rotatable bonds is 5. The number of nitrogens with zero attached hydrogens (tertiary/aromatic N) is 1. The highest BCUT2D eigenvalue weighted by Gasteiger charge is 2.24. The van der Waals surface area contributed by atoms with Crippen molar-refractivity contribution in [3.63, 3.8) is 0 Å². The summed E-state index contributed by atoms with van der Waals surface area (Å²) in [6, 6.07) is 7.13. The van der Waals surface area contributed by atoms with E-state index in [-0.39, 0.29) is 5.91 Å². The summed E-state index contributed by atoms with van der Waals surface area (Å²) in [5, 5.41) is 6.92. The molecule has 0 aliphatic heterocycles. The molecule has 1 heterocycles. The summed E-state index contributed by atoms with van der Waals surface area (Å²) in [5.74, 6) is 1.66. The Balaban J connectivity index is 1.69. The summed E-state index contributed by atoms with van der Waals surface area (Å²) in [7, 11) is 0. The van der Waals surface area contributed by atoms with Crippen LogP contribution in [0.25, 0.3) is 0 Å². The lowest BCUT2D eigenvalue weighted by atomic mass is 9.89. The molecular formula is C18H22N2O3. The standard InChI is InChI=1S/C18H22N2O3/c1-3-10-22-14-7-5-13(6-8-14)17(21)19-18-15-11-12(2)4-9-16(15)20-23-18/h5-8,12H,3-4,9-11H2,1-2H3,(H,19,21)/t12-/m0/s1. The van der Waals surface area contributed by atoms with Crippen molar-refractivity contribution in [2.75, 3.05) is 11.9 Å². The lowest BCUT2D eigenvalue weighted by Gasteiger charge is -2.16. The van der Waals surface area contributed by atoms with E-state index in [1.807, 2.05) is 12.1 Å². The number of hydrogen-bond acceptors (Lipinski definition) is 4. The van der Waals surface area contributed by atoms with Crippen molar-refractivity contribution in [2.45, 2.75) is 39.5 Å². The van der Waals surface area contributed by atoms with Crippen LogP contribution in [0.4, 0.5) is 5.88 Å². The van der Waals surface area contributed by atoms with E-state index in [9.17, 15) is 4.79 Å². The lowest BCUT2D eigenvalue weighted by Crippen LogP contribution is -2.15. The minimum atomic E-state index is -0.191. The van der Waals surface area contributed by atoms with Crippen molar-refractivity contribution in [2.24, 2.45) is 5.92 Å². The molecule has 122 valence electrons. The number of aromatic nitrogens is 1. The molecule has 1 amide bonds. The lowest BCUT2D eigenvalue weighted by molar-refractivity contribution is 0.102. The van der Waals surface area contributed by atoms with Crippen LogP contribution >= 0.6 is 0 Å². The molecule has 23 heavy (non-hydrogen) atoms. The number of aryl methyl sites for hydroxylation is 1. The van der Waals surface area contributed by atoms with E-state index < -0.39 is 0 Å². The molecule has 0 saturated carbocycles. The predicted molar refractivity (Wildman–Crippen MR) is 87.9 cm³/mol. The fraction of sp³-hybridized carbons (Fsp3) is 0.444. The van der Waals surface area contributed by atoms with Crippen LogP contribution in [0.15, 0.2) is 28.8 Å². The second-order valence-electron chi connectivity index (χ2n) is 6.11. The summed E-state index contributed by atoms with van der Waals surface area (Å²) in [6.07, 6.45) is 3.89. The maximum Gasteiger partial charge on any atom is 0.258 e. The molecule has 1 atom stereocenters. The third kappa shape index (κ3) is 3.55. The number of amides is 1. The molecule has 0 radical (unpaired) electrons. The van der Waals surface area contributed by atoms with Crippen LogP contribution in [0.5, 0.6) is 5.75 Å². The molecule has 3 rings (SSSR count). The van der Waals surface area contributed by atoms with Gasteiger partial charge in [0.25, 0.3) is 5.91 Å². The Hall–Kier alpha value is -2.30. The van der Waals surface area contributed by atoms with E-state index in [4.69, 9.17) is 9.26 Å². The van der Waals surface area contributed by atoms with Crippen molar-refractivity contribution in [3.8, 4) is 5.75 Å². The van der Waals surface area contributed by atoms with Crippen LogP contribution in [-0.4, -0.2) is 17.7 Å². The number of nitrogens with one attached hydrogen (secondary N) is 1. The first-order chi connectivity index (χ1) is 11.2. The van der Waals surface area contributed by atoms with Gasteiger partial charge in [-0.2, -0.15) is 0 Å². The van der Waals surface area contributed by atoms with E-state index in [2.05, 4.69) is 24.3 Å². The zero-order valence-electron chi connectivity index (χ0n) is 13.6. The van der Waals surface area contributed by atoms with Gasteiger partial charge in [0.05, 0.1) is 12.3 Å². The largest absolute Gasteiger partial charge is 0.494 e. The molecule has 1 aliphatic rings. The monoisotopic (exact) mass is 314 g/mol. The van der Waals surface area contributed by atoms with E-state index in [1.165, 1.54) is 0 Å². The Morgan fingerprint density at radius 3 is 2.91 bits per heavy atom. The average molecular weight is 314 g/mol. The Labute approximate surface area is 136 Å². The van der Waals surface area contributed by atoms with Crippen LogP contribution in [0.3, 0.4) is 0 Å². The van der Waals surface area contributed by atoms with Gasteiger partial charge in [-0.15, -0.1) is 0 Å². The summed E-state index contributed by atoms with van der Waals surface area (Å²) in [6.45, 7) is 4.94. The highest BCUT2D eigenvalue weighted by atomic mass is 16.5. The molecule has 0 bridgehead atoms. The van der Waals surface area contributed by atoms with Crippen molar-refractivity contribution < 1.29 is 14.1 Å².